The van der Waals surface area contributed by atoms with Crippen LogP contribution in [0, 0.1) is 0 Å². The molecular formula is C13H22N6O. The minimum atomic E-state index is 0.132. The van der Waals surface area contributed by atoms with Crippen LogP contribution in [0.15, 0.2) is 6.07 Å². The van der Waals surface area contributed by atoms with Crippen molar-refractivity contribution in [1.29, 1.82) is 0 Å². The van der Waals surface area contributed by atoms with E-state index in [1.807, 2.05) is 17.9 Å². The van der Waals surface area contributed by atoms with Crippen LogP contribution in [0.2, 0.25) is 0 Å². The molecule has 1 saturated heterocycles. The van der Waals surface area contributed by atoms with Crippen LogP contribution in [0.3, 0.4) is 0 Å². The molecule has 1 aromatic heterocycles. The number of aromatic nitrogens is 2. The number of rotatable bonds is 3. The predicted molar refractivity (Wildman–Crippen MR) is 78.3 cm³/mol. The van der Waals surface area contributed by atoms with Crippen LogP contribution < -0.4 is 16.2 Å². The highest BCUT2D eigenvalue weighted by atomic mass is 16.2. The summed E-state index contributed by atoms with van der Waals surface area (Å²) >= 11 is 0. The Bertz CT molecular complexity index is 456. The molecule has 2 rings (SSSR count). The molecule has 0 aliphatic carbocycles. The molecule has 7 heteroatoms. The Hall–Kier alpha value is -1.89. The number of nitrogens with one attached hydrogen (secondary N) is 1. The number of nitrogen functional groups attached to an aromatic ring is 1. The van der Waals surface area contributed by atoms with Gasteiger partial charge in [-0.05, 0) is 6.42 Å². The summed E-state index contributed by atoms with van der Waals surface area (Å²) < 4.78 is 0. The minimum Gasteiger partial charge on any atom is -0.355 e. The molecule has 1 fully saturated rings. The van der Waals surface area contributed by atoms with Crippen molar-refractivity contribution in [1.82, 2.24) is 14.9 Å². The molecule has 0 radical (unpaired) electrons. The van der Waals surface area contributed by atoms with E-state index in [0.717, 1.165) is 50.7 Å². The molecule has 1 aromatic rings. The summed E-state index contributed by atoms with van der Waals surface area (Å²) in [5.41, 5.74) is 2.58. The number of carbonyl (C=O) groups is 1. The van der Waals surface area contributed by atoms with E-state index in [1.165, 1.54) is 0 Å². The fourth-order valence-electron chi connectivity index (χ4n) is 2.34. The maximum absolute atomic E-state index is 11.5. The summed E-state index contributed by atoms with van der Waals surface area (Å²) in [5, 5.41) is 0. The van der Waals surface area contributed by atoms with Gasteiger partial charge in [0.1, 0.15) is 17.5 Å². The van der Waals surface area contributed by atoms with Crippen molar-refractivity contribution in [2.75, 3.05) is 36.5 Å². The molecule has 1 aliphatic rings. The van der Waals surface area contributed by atoms with E-state index in [4.69, 9.17) is 5.84 Å². The van der Waals surface area contributed by atoms with Crippen LogP contribution in [0.5, 0.6) is 0 Å². The SMILES string of the molecule is CCc1nc(NN)cc(N2CCCN(C(C)=O)CC2)n1. The topological polar surface area (TPSA) is 87.4 Å². The van der Waals surface area contributed by atoms with Gasteiger partial charge in [-0.15, -0.1) is 0 Å². The number of hydrogen-bond acceptors (Lipinski definition) is 6. The third-order valence-corrected chi connectivity index (χ3v) is 3.49. The van der Waals surface area contributed by atoms with E-state index in [9.17, 15) is 4.79 Å². The molecule has 2 heterocycles. The molecule has 7 nitrogen and oxygen atoms in total. The monoisotopic (exact) mass is 278 g/mol. The Morgan fingerprint density at radius 1 is 1.35 bits per heavy atom. The summed E-state index contributed by atoms with van der Waals surface area (Å²) in [5.74, 6) is 7.85. The lowest BCUT2D eigenvalue weighted by Crippen LogP contribution is -2.34. The highest BCUT2D eigenvalue weighted by Crippen LogP contribution is 2.17. The lowest BCUT2D eigenvalue weighted by Gasteiger charge is -2.23. The second-order valence-corrected chi connectivity index (χ2v) is 4.87. The van der Waals surface area contributed by atoms with Crippen LogP contribution >= 0.6 is 0 Å². The van der Waals surface area contributed by atoms with E-state index in [-0.39, 0.29) is 5.91 Å². The van der Waals surface area contributed by atoms with Crippen LogP contribution in [0.4, 0.5) is 11.6 Å². The van der Waals surface area contributed by atoms with Gasteiger partial charge in [0, 0.05) is 45.6 Å². The lowest BCUT2D eigenvalue weighted by molar-refractivity contribution is -0.128. The Kier molecular flexibility index (Phi) is 4.73. The molecular weight excluding hydrogens is 256 g/mol. The third-order valence-electron chi connectivity index (χ3n) is 3.49. The molecule has 0 aromatic carbocycles. The molecule has 0 bridgehead atoms. The zero-order valence-corrected chi connectivity index (χ0v) is 12.1. The van der Waals surface area contributed by atoms with Crippen molar-refractivity contribution in [2.24, 2.45) is 5.84 Å². The Labute approximate surface area is 119 Å². The van der Waals surface area contributed by atoms with E-state index < -0.39 is 0 Å². The standard InChI is InChI=1S/C13H22N6O/c1-3-11-15-12(17-14)9-13(16-11)19-6-4-5-18(7-8-19)10(2)20/h9H,3-8,14H2,1-2H3,(H,15,16,17). The average molecular weight is 278 g/mol. The molecule has 1 aliphatic heterocycles. The van der Waals surface area contributed by atoms with Crippen molar-refractivity contribution in [3.63, 3.8) is 0 Å². The number of amides is 1. The zero-order valence-electron chi connectivity index (χ0n) is 12.1. The first kappa shape index (κ1) is 14.5. The number of anilines is 2. The number of nitrogens with zero attached hydrogens (tertiary/aromatic N) is 4. The van der Waals surface area contributed by atoms with Gasteiger partial charge in [-0.2, -0.15) is 0 Å². The van der Waals surface area contributed by atoms with Gasteiger partial charge in [0.05, 0.1) is 0 Å². The third kappa shape index (κ3) is 3.36. The van der Waals surface area contributed by atoms with Gasteiger partial charge in [0.15, 0.2) is 0 Å². The first-order valence-electron chi connectivity index (χ1n) is 6.99. The second kappa shape index (κ2) is 6.51. The van der Waals surface area contributed by atoms with Crippen LogP contribution in [0.1, 0.15) is 26.1 Å². The van der Waals surface area contributed by atoms with Gasteiger partial charge in [0.2, 0.25) is 5.91 Å². The summed E-state index contributed by atoms with van der Waals surface area (Å²) in [4.78, 5) is 24.4. The Morgan fingerprint density at radius 2 is 2.15 bits per heavy atom. The van der Waals surface area contributed by atoms with E-state index >= 15 is 0 Å². The van der Waals surface area contributed by atoms with Gasteiger partial charge < -0.3 is 15.2 Å². The molecule has 0 spiro atoms. The highest BCUT2D eigenvalue weighted by molar-refractivity contribution is 5.73. The van der Waals surface area contributed by atoms with Gasteiger partial charge >= 0.3 is 0 Å². The summed E-state index contributed by atoms with van der Waals surface area (Å²) in [6, 6.07) is 1.85. The minimum absolute atomic E-state index is 0.132. The van der Waals surface area contributed by atoms with E-state index in [1.54, 1.807) is 6.92 Å². The van der Waals surface area contributed by atoms with Crippen molar-refractivity contribution >= 4 is 17.5 Å². The lowest BCUT2D eigenvalue weighted by atomic mass is 10.3. The quantitative estimate of drug-likeness (QED) is 0.614. The first-order valence-corrected chi connectivity index (χ1v) is 6.99. The molecule has 110 valence electrons. The average Bonchev–Trinajstić information content (AvgIpc) is 2.72. The molecule has 3 N–H and O–H groups in total. The number of hydrogen-bond donors (Lipinski definition) is 2. The number of aryl methyl sites for hydroxylation is 1. The van der Waals surface area contributed by atoms with E-state index in [2.05, 4.69) is 20.3 Å². The largest absolute Gasteiger partial charge is 0.355 e. The molecule has 20 heavy (non-hydrogen) atoms. The van der Waals surface area contributed by atoms with E-state index in [0.29, 0.717) is 5.82 Å². The summed E-state index contributed by atoms with van der Waals surface area (Å²) in [6.07, 6.45) is 1.70. The maximum Gasteiger partial charge on any atom is 0.219 e. The number of nitrogens with two attached hydrogens (primary N) is 1. The molecule has 0 saturated carbocycles. The van der Waals surface area contributed by atoms with Crippen molar-refractivity contribution in [2.45, 2.75) is 26.7 Å². The van der Waals surface area contributed by atoms with Crippen molar-refractivity contribution in [3.05, 3.63) is 11.9 Å². The smallest absolute Gasteiger partial charge is 0.219 e. The Balaban J connectivity index is 2.16. The van der Waals surface area contributed by atoms with Crippen molar-refractivity contribution in [3.8, 4) is 0 Å². The highest BCUT2D eigenvalue weighted by Gasteiger charge is 2.18. The zero-order chi connectivity index (χ0) is 14.5. The van der Waals surface area contributed by atoms with Crippen LogP contribution in [-0.4, -0.2) is 47.0 Å². The number of carbonyl (C=O) groups excluding carboxylic acids is 1. The van der Waals surface area contributed by atoms with Gasteiger partial charge in [-0.25, -0.2) is 15.8 Å². The molecule has 0 atom stereocenters. The van der Waals surface area contributed by atoms with Gasteiger partial charge in [-0.1, -0.05) is 6.92 Å². The maximum atomic E-state index is 11.5. The normalized spacial score (nSPS) is 15.9. The molecule has 0 unspecified atom stereocenters. The van der Waals surface area contributed by atoms with Crippen molar-refractivity contribution < 1.29 is 4.79 Å². The summed E-state index contributed by atoms with van der Waals surface area (Å²) in [6.45, 7) is 6.83. The van der Waals surface area contributed by atoms with Crippen LogP contribution in [-0.2, 0) is 11.2 Å². The Morgan fingerprint density at radius 3 is 2.80 bits per heavy atom. The predicted octanol–water partition coefficient (Wildman–Crippen LogP) is 0.383. The summed E-state index contributed by atoms with van der Waals surface area (Å²) in [7, 11) is 0. The fraction of sp³-hybridized carbons (Fsp3) is 0.615. The van der Waals surface area contributed by atoms with Gasteiger partial charge in [0.25, 0.3) is 0 Å². The van der Waals surface area contributed by atoms with Crippen LogP contribution in [0.25, 0.3) is 0 Å². The van der Waals surface area contributed by atoms with Gasteiger partial charge in [-0.3, -0.25) is 4.79 Å². The number of hydrazine groups is 1. The fourth-order valence-corrected chi connectivity index (χ4v) is 2.34. The second-order valence-electron chi connectivity index (χ2n) is 4.87. The first-order chi connectivity index (χ1) is 9.63. The molecule has 1 amide bonds.